The average Bonchev–Trinajstić information content (AvgIpc) is 2.54. The minimum absolute atomic E-state index is 0.211. The Morgan fingerprint density at radius 1 is 1.09 bits per heavy atom. The Bertz CT molecular complexity index is 860. The maximum atomic E-state index is 13.1. The zero-order valence-electron chi connectivity index (χ0n) is 12.9. The summed E-state index contributed by atoms with van der Waals surface area (Å²) in [7, 11) is 3.50. The summed E-state index contributed by atoms with van der Waals surface area (Å²) in [5.41, 5.74) is 5.39. The molecule has 1 aromatic heterocycles. The summed E-state index contributed by atoms with van der Waals surface area (Å²) in [6, 6.07) is 15.3. The second-order valence-corrected chi connectivity index (χ2v) is 5.41. The van der Waals surface area contributed by atoms with E-state index in [-0.39, 0.29) is 11.7 Å². The molecule has 3 rings (SSSR count). The monoisotopic (exact) mass is 309 g/mol. The van der Waals surface area contributed by atoms with Gasteiger partial charge in [0, 0.05) is 25.0 Å². The van der Waals surface area contributed by atoms with Crippen molar-refractivity contribution in [1.29, 1.82) is 0 Å². The van der Waals surface area contributed by atoms with Gasteiger partial charge in [-0.25, -0.2) is 14.4 Å². The van der Waals surface area contributed by atoms with Crippen LogP contribution in [0.2, 0.25) is 0 Å². The van der Waals surface area contributed by atoms with Gasteiger partial charge in [0.2, 0.25) is 0 Å². The van der Waals surface area contributed by atoms with E-state index in [0.717, 1.165) is 16.5 Å². The molecular weight excluding hydrogens is 293 g/mol. The summed E-state index contributed by atoms with van der Waals surface area (Å²) in [5, 5.41) is 2.37. The fourth-order valence-electron chi connectivity index (χ4n) is 2.40. The van der Waals surface area contributed by atoms with Crippen molar-refractivity contribution in [2.45, 2.75) is 0 Å². The van der Waals surface area contributed by atoms with E-state index >= 15 is 0 Å². The van der Waals surface area contributed by atoms with Crippen LogP contribution in [0.15, 0.2) is 54.6 Å². The number of nitrogens with zero attached hydrogens (tertiary/aromatic N) is 2. The SMILES string of the molecule is CN(C)NC(=O)c1cc(-c2ccc(F)cc2)nc2ccccc12. The quantitative estimate of drug-likeness (QED) is 0.755. The zero-order chi connectivity index (χ0) is 16.4. The highest BCUT2D eigenvalue weighted by Crippen LogP contribution is 2.25. The third-order valence-electron chi connectivity index (χ3n) is 3.43. The summed E-state index contributed by atoms with van der Waals surface area (Å²) < 4.78 is 13.1. The van der Waals surface area contributed by atoms with Crippen molar-refractivity contribution in [1.82, 2.24) is 15.4 Å². The number of nitrogens with one attached hydrogen (secondary N) is 1. The van der Waals surface area contributed by atoms with Gasteiger partial charge in [0.15, 0.2) is 0 Å². The van der Waals surface area contributed by atoms with Crippen molar-refractivity contribution < 1.29 is 9.18 Å². The van der Waals surface area contributed by atoms with E-state index in [4.69, 9.17) is 0 Å². The minimum atomic E-state index is -0.305. The molecule has 0 saturated heterocycles. The lowest BCUT2D eigenvalue weighted by Crippen LogP contribution is -2.36. The van der Waals surface area contributed by atoms with Crippen LogP contribution in [0.25, 0.3) is 22.2 Å². The van der Waals surface area contributed by atoms with Gasteiger partial charge in [-0.1, -0.05) is 18.2 Å². The minimum Gasteiger partial charge on any atom is -0.285 e. The number of aromatic nitrogens is 1. The van der Waals surface area contributed by atoms with Gasteiger partial charge in [-0.2, -0.15) is 0 Å². The van der Waals surface area contributed by atoms with Gasteiger partial charge in [0.25, 0.3) is 5.91 Å². The number of carbonyl (C=O) groups excluding carboxylic acids is 1. The predicted octanol–water partition coefficient (Wildman–Crippen LogP) is 3.25. The Kier molecular flexibility index (Phi) is 4.04. The highest BCUT2D eigenvalue weighted by molar-refractivity contribution is 6.07. The van der Waals surface area contributed by atoms with Crippen LogP contribution in [0.1, 0.15) is 10.4 Å². The van der Waals surface area contributed by atoms with Crippen LogP contribution in [0.3, 0.4) is 0 Å². The number of fused-ring (bicyclic) bond motifs is 1. The molecule has 0 aliphatic carbocycles. The Balaban J connectivity index is 2.17. The third-order valence-corrected chi connectivity index (χ3v) is 3.43. The van der Waals surface area contributed by atoms with Crippen LogP contribution in [0.4, 0.5) is 4.39 Å². The predicted molar refractivity (Wildman–Crippen MR) is 88.3 cm³/mol. The normalized spacial score (nSPS) is 11.0. The molecule has 4 nitrogen and oxygen atoms in total. The largest absolute Gasteiger partial charge is 0.285 e. The number of benzene rings is 2. The first kappa shape index (κ1) is 15.1. The Hall–Kier alpha value is -2.79. The van der Waals surface area contributed by atoms with Gasteiger partial charge in [-0.05, 0) is 36.4 Å². The second-order valence-electron chi connectivity index (χ2n) is 5.41. The van der Waals surface area contributed by atoms with E-state index in [1.54, 1.807) is 37.3 Å². The zero-order valence-corrected chi connectivity index (χ0v) is 12.9. The molecule has 1 heterocycles. The van der Waals surface area contributed by atoms with Crippen molar-refractivity contribution in [3.63, 3.8) is 0 Å². The number of rotatable bonds is 3. The van der Waals surface area contributed by atoms with E-state index in [1.807, 2.05) is 24.3 Å². The molecule has 0 radical (unpaired) electrons. The molecule has 116 valence electrons. The maximum absolute atomic E-state index is 13.1. The van der Waals surface area contributed by atoms with E-state index in [2.05, 4.69) is 10.4 Å². The lowest BCUT2D eigenvalue weighted by Gasteiger charge is -2.14. The number of para-hydroxylation sites is 1. The standard InChI is InChI=1S/C18H16FN3O/c1-22(2)21-18(23)15-11-17(12-7-9-13(19)10-8-12)20-16-6-4-3-5-14(15)16/h3-11H,1-2H3,(H,21,23). The van der Waals surface area contributed by atoms with E-state index in [0.29, 0.717) is 11.3 Å². The number of hydrogen-bond acceptors (Lipinski definition) is 3. The van der Waals surface area contributed by atoms with Crippen molar-refractivity contribution in [3.8, 4) is 11.3 Å². The highest BCUT2D eigenvalue weighted by Gasteiger charge is 2.14. The van der Waals surface area contributed by atoms with Crippen LogP contribution in [0.5, 0.6) is 0 Å². The van der Waals surface area contributed by atoms with Gasteiger partial charge < -0.3 is 0 Å². The molecule has 5 heteroatoms. The van der Waals surface area contributed by atoms with Crippen LogP contribution in [0, 0.1) is 5.82 Å². The smallest absolute Gasteiger partial charge is 0.266 e. The lowest BCUT2D eigenvalue weighted by atomic mass is 10.0. The molecule has 0 fully saturated rings. The first-order chi connectivity index (χ1) is 11.0. The van der Waals surface area contributed by atoms with E-state index < -0.39 is 0 Å². The summed E-state index contributed by atoms with van der Waals surface area (Å²) in [5.74, 6) is -0.517. The van der Waals surface area contributed by atoms with Crippen LogP contribution >= 0.6 is 0 Å². The van der Waals surface area contributed by atoms with Crippen LogP contribution in [-0.4, -0.2) is 30.0 Å². The molecule has 0 aliphatic heterocycles. The third kappa shape index (κ3) is 3.19. The number of halogens is 1. The summed E-state index contributed by atoms with van der Waals surface area (Å²) in [6.45, 7) is 0. The Morgan fingerprint density at radius 2 is 1.78 bits per heavy atom. The molecule has 3 aromatic rings. The van der Waals surface area contributed by atoms with Gasteiger partial charge in [-0.15, -0.1) is 0 Å². The fraction of sp³-hybridized carbons (Fsp3) is 0.111. The van der Waals surface area contributed by atoms with Gasteiger partial charge in [0.05, 0.1) is 16.8 Å². The number of amides is 1. The van der Waals surface area contributed by atoms with Crippen LogP contribution < -0.4 is 5.43 Å². The molecule has 0 spiro atoms. The molecule has 0 unspecified atom stereocenters. The second kappa shape index (κ2) is 6.14. The highest BCUT2D eigenvalue weighted by atomic mass is 19.1. The van der Waals surface area contributed by atoms with Crippen molar-refractivity contribution in [2.24, 2.45) is 0 Å². The molecule has 0 aliphatic rings. The maximum Gasteiger partial charge on any atom is 0.266 e. The Labute approximate surface area is 133 Å². The molecule has 0 bridgehead atoms. The molecule has 1 N–H and O–H groups in total. The van der Waals surface area contributed by atoms with Crippen molar-refractivity contribution in [2.75, 3.05) is 14.1 Å². The number of carbonyl (C=O) groups is 1. The van der Waals surface area contributed by atoms with E-state index in [9.17, 15) is 9.18 Å². The Morgan fingerprint density at radius 3 is 2.48 bits per heavy atom. The number of hydrogen-bond donors (Lipinski definition) is 1. The van der Waals surface area contributed by atoms with Crippen molar-refractivity contribution in [3.05, 3.63) is 66.0 Å². The van der Waals surface area contributed by atoms with Crippen molar-refractivity contribution >= 4 is 16.8 Å². The number of hydrazine groups is 1. The molecule has 2 aromatic carbocycles. The van der Waals surface area contributed by atoms with Gasteiger partial charge in [0.1, 0.15) is 5.82 Å². The number of pyridine rings is 1. The molecule has 0 atom stereocenters. The first-order valence-electron chi connectivity index (χ1n) is 7.18. The average molecular weight is 309 g/mol. The molecular formula is C18H16FN3O. The molecule has 1 amide bonds. The van der Waals surface area contributed by atoms with Gasteiger partial charge >= 0.3 is 0 Å². The lowest BCUT2D eigenvalue weighted by molar-refractivity contribution is 0.0858. The molecule has 23 heavy (non-hydrogen) atoms. The van der Waals surface area contributed by atoms with Gasteiger partial charge in [-0.3, -0.25) is 10.2 Å². The first-order valence-corrected chi connectivity index (χ1v) is 7.18. The summed E-state index contributed by atoms with van der Waals surface area (Å²) in [6.07, 6.45) is 0. The van der Waals surface area contributed by atoms with E-state index in [1.165, 1.54) is 12.1 Å². The van der Waals surface area contributed by atoms with Crippen LogP contribution in [-0.2, 0) is 0 Å². The topological polar surface area (TPSA) is 45.2 Å². The fourth-order valence-corrected chi connectivity index (χ4v) is 2.40. The summed E-state index contributed by atoms with van der Waals surface area (Å²) in [4.78, 5) is 17.0. The molecule has 0 saturated carbocycles. The summed E-state index contributed by atoms with van der Waals surface area (Å²) >= 11 is 0.